The topological polar surface area (TPSA) is 103 Å². The van der Waals surface area contributed by atoms with Crippen LogP contribution in [0.5, 0.6) is 0 Å². The lowest BCUT2D eigenvalue weighted by atomic mass is 10.2. The molecule has 2 rings (SSSR count). The Morgan fingerprint density at radius 2 is 1.96 bits per heavy atom. The van der Waals surface area contributed by atoms with E-state index in [0.717, 1.165) is 0 Å². The Morgan fingerprint density at radius 3 is 2.54 bits per heavy atom. The van der Waals surface area contributed by atoms with E-state index < -0.39 is 25.1 Å². The number of H-pyrrole nitrogens is 1. The third-order valence-corrected chi connectivity index (χ3v) is 5.99. The van der Waals surface area contributed by atoms with Gasteiger partial charge in [-0.25, -0.2) is 4.79 Å². The van der Waals surface area contributed by atoms with Gasteiger partial charge in [-0.05, 0) is 20.8 Å². The number of hydroxylamine groups is 2. The minimum Gasteiger partial charge on any atom is -0.309 e. The molecule has 9 nitrogen and oxygen atoms in total. The van der Waals surface area contributed by atoms with Gasteiger partial charge in [0.05, 0.1) is 25.4 Å². The van der Waals surface area contributed by atoms with Crippen LogP contribution in [0.3, 0.4) is 0 Å². The van der Waals surface area contributed by atoms with Gasteiger partial charge in [-0.2, -0.15) is 5.06 Å². The highest BCUT2D eigenvalue weighted by molar-refractivity contribution is 7.53. The summed E-state index contributed by atoms with van der Waals surface area (Å²) in [6.45, 7) is 5.70. The van der Waals surface area contributed by atoms with Gasteiger partial charge in [-0.3, -0.25) is 23.7 Å². The highest BCUT2D eigenvalue weighted by Gasteiger charge is 2.39. The first-order valence-corrected chi connectivity index (χ1v) is 9.62. The average Bonchev–Trinajstić information content (AvgIpc) is 2.84. The predicted octanol–water partition coefficient (Wildman–Crippen LogP) is 1.25. The van der Waals surface area contributed by atoms with E-state index in [9.17, 15) is 14.2 Å². The number of aromatic amines is 1. The Bertz CT molecular complexity index is 720. The standard InChI is InChI=1S/C14H24N3O6P/c1-5-21-24(20,22-6-2)9-11-7-12(23-16(11)4)17-8-10(3)13(18)15-14(17)19/h8,11-12H,5-7,9H2,1-4H3,(H,15,18,19)/t11-,12?/m1/s1. The molecule has 1 unspecified atom stereocenters. The molecule has 0 aromatic carbocycles. The maximum Gasteiger partial charge on any atom is 0.332 e. The number of hydrogen-bond donors (Lipinski definition) is 1. The van der Waals surface area contributed by atoms with Crippen molar-refractivity contribution in [2.75, 3.05) is 26.4 Å². The Kier molecular flexibility index (Phi) is 6.17. The second kappa shape index (κ2) is 7.76. The molecule has 10 heteroatoms. The van der Waals surface area contributed by atoms with Crippen LogP contribution < -0.4 is 11.2 Å². The van der Waals surface area contributed by atoms with Crippen LogP contribution in [0.15, 0.2) is 15.8 Å². The number of hydrogen-bond acceptors (Lipinski definition) is 7. The molecule has 1 aromatic rings. The van der Waals surface area contributed by atoms with E-state index in [1.54, 1.807) is 32.9 Å². The van der Waals surface area contributed by atoms with E-state index in [4.69, 9.17) is 13.9 Å². The quantitative estimate of drug-likeness (QED) is 0.729. The lowest BCUT2D eigenvalue weighted by Crippen LogP contribution is -2.33. The van der Waals surface area contributed by atoms with Crippen LogP contribution in [0.25, 0.3) is 0 Å². The summed E-state index contributed by atoms with van der Waals surface area (Å²) in [4.78, 5) is 31.4. The van der Waals surface area contributed by atoms with Gasteiger partial charge >= 0.3 is 13.3 Å². The van der Waals surface area contributed by atoms with E-state index in [-0.39, 0.29) is 25.4 Å². The zero-order valence-corrected chi connectivity index (χ0v) is 15.2. The molecule has 0 aliphatic carbocycles. The zero-order chi connectivity index (χ0) is 17.9. The lowest BCUT2D eigenvalue weighted by Gasteiger charge is -2.22. The lowest BCUT2D eigenvalue weighted by molar-refractivity contribution is -0.164. The number of nitrogens with one attached hydrogen (secondary N) is 1. The molecule has 0 radical (unpaired) electrons. The van der Waals surface area contributed by atoms with Gasteiger partial charge in [0, 0.05) is 25.2 Å². The van der Waals surface area contributed by atoms with Crippen molar-refractivity contribution in [3.05, 3.63) is 32.6 Å². The molecule has 0 amide bonds. The zero-order valence-electron chi connectivity index (χ0n) is 14.4. The number of rotatable bonds is 7. The first-order chi connectivity index (χ1) is 11.3. The third-order valence-electron chi connectivity index (χ3n) is 3.82. The summed E-state index contributed by atoms with van der Waals surface area (Å²) >= 11 is 0. The van der Waals surface area contributed by atoms with Crippen LogP contribution >= 0.6 is 7.60 Å². The van der Waals surface area contributed by atoms with Crippen molar-refractivity contribution in [2.24, 2.45) is 0 Å². The van der Waals surface area contributed by atoms with E-state index in [0.29, 0.717) is 12.0 Å². The van der Waals surface area contributed by atoms with Crippen molar-refractivity contribution in [3.8, 4) is 0 Å². The third kappa shape index (κ3) is 4.23. The summed E-state index contributed by atoms with van der Waals surface area (Å²) < 4.78 is 24.6. The van der Waals surface area contributed by atoms with Crippen molar-refractivity contribution in [3.63, 3.8) is 0 Å². The summed E-state index contributed by atoms with van der Waals surface area (Å²) in [6, 6.07) is -0.238. The SMILES string of the molecule is CCOP(=O)(C[C@H]1CC(n2cc(C)c(=O)[nH]c2=O)ON1C)OCC. The molecule has 1 aliphatic rings. The Morgan fingerprint density at radius 1 is 1.33 bits per heavy atom. The van der Waals surface area contributed by atoms with E-state index in [1.807, 2.05) is 0 Å². The van der Waals surface area contributed by atoms with Crippen molar-refractivity contribution >= 4 is 7.60 Å². The Balaban J connectivity index is 2.18. The van der Waals surface area contributed by atoms with Crippen LogP contribution in [0.1, 0.15) is 32.1 Å². The molecule has 0 spiro atoms. The van der Waals surface area contributed by atoms with Gasteiger partial charge in [0.25, 0.3) is 5.56 Å². The van der Waals surface area contributed by atoms with Crippen molar-refractivity contribution in [2.45, 2.75) is 39.5 Å². The largest absolute Gasteiger partial charge is 0.332 e. The first kappa shape index (κ1) is 19.1. The maximum atomic E-state index is 12.7. The Labute approximate surface area is 140 Å². The highest BCUT2D eigenvalue weighted by Crippen LogP contribution is 2.50. The monoisotopic (exact) mass is 361 g/mol. The second-order valence-electron chi connectivity index (χ2n) is 5.60. The average molecular weight is 361 g/mol. The van der Waals surface area contributed by atoms with Crippen molar-refractivity contribution in [1.82, 2.24) is 14.6 Å². The molecule has 2 atom stereocenters. The normalized spacial score (nSPS) is 22.2. The summed E-state index contributed by atoms with van der Waals surface area (Å²) in [5.41, 5.74) is -0.544. The van der Waals surface area contributed by atoms with Gasteiger partial charge in [0.2, 0.25) is 0 Å². The number of nitrogens with zero attached hydrogens (tertiary/aromatic N) is 2. The molecule has 2 heterocycles. The van der Waals surface area contributed by atoms with Crippen LogP contribution in [0.4, 0.5) is 0 Å². The van der Waals surface area contributed by atoms with E-state index in [2.05, 4.69) is 4.98 Å². The predicted molar refractivity (Wildman–Crippen MR) is 88.1 cm³/mol. The van der Waals surface area contributed by atoms with Gasteiger partial charge in [0.15, 0.2) is 6.23 Å². The molecule has 1 N–H and O–H groups in total. The highest BCUT2D eigenvalue weighted by atomic mass is 31.2. The van der Waals surface area contributed by atoms with E-state index >= 15 is 0 Å². The molecule has 0 bridgehead atoms. The molecule has 136 valence electrons. The van der Waals surface area contributed by atoms with Crippen molar-refractivity contribution in [1.29, 1.82) is 0 Å². The fourth-order valence-corrected chi connectivity index (χ4v) is 4.62. The summed E-state index contributed by atoms with van der Waals surface area (Å²) in [5, 5.41) is 1.56. The minimum absolute atomic E-state index is 0.165. The fraction of sp³-hybridized carbons (Fsp3) is 0.714. The first-order valence-electron chi connectivity index (χ1n) is 7.89. The molecule has 1 aliphatic heterocycles. The van der Waals surface area contributed by atoms with Gasteiger partial charge in [-0.1, -0.05) is 0 Å². The molecular formula is C14H24N3O6P. The summed E-state index contributed by atoms with van der Waals surface area (Å²) in [7, 11) is -1.52. The van der Waals surface area contributed by atoms with Gasteiger partial charge in [0.1, 0.15) is 0 Å². The summed E-state index contributed by atoms with van der Waals surface area (Å²) in [5.74, 6) is 0. The summed E-state index contributed by atoms with van der Waals surface area (Å²) in [6.07, 6.45) is 1.47. The van der Waals surface area contributed by atoms with Crippen LogP contribution in [-0.4, -0.2) is 47.1 Å². The maximum absolute atomic E-state index is 12.7. The van der Waals surface area contributed by atoms with Gasteiger partial charge in [-0.15, -0.1) is 0 Å². The van der Waals surface area contributed by atoms with Crippen molar-refractivity contribution < 1.29 is 18.5 Å². The van der Waals surface area contributed by atoms with Gasteiger partial charge < -0.3 is 9.05 Å². The molecule has 0 saturated carbocycles. The molecule has 1 fully saturated rings. The van der Waals surface area contributed by atoms with Crippen LogP contribution in [0, 0.1) is 6.92 Å². The van der Waals surface area contributed by atoms with Crippen LogP contribution in [-0.2, 0) is 18.5 Å². The molecule has 24 heavy (non-hydrogen) atoms. The second-order valence-corrected chi connectivity index (χ2v) is 7.71. The molecule has 1 aromatic heterocycles. The number of aromatic nitrogens is 2. The van der Waals surface area contributed by atoms with Crippen LogP contribution in [0.2, 0.25) is 0 Å². The fourth-order valence-electron chi connectivity index (χ4n) is 2.65. The Hall–Kier alpha value is -1.25. The molecular weight excluding hydrogens is 337 g/mol. The molecule has 1 saturated heterocycles. The smallest absolute Gasteiger partial charge is 0.309 e. The van der Waals surface area contributed by atoms with E-state index in [1.165, 1.54) is 10.8 Å². The number of aryl methyl sites for hydroxylation is 1. The minimum atomic E-state index is -3.22.